The molecule has 140 valence electrons. The quantitative estimate of drug-likeness (QED) is 0.649. The Kier molecular flexibility index (Phi) is 4.17. The molecular weight excluding hydrogens is 357 g/mol. The summed E-state index contributed by atoms with van der Waals surface area (Å²) in [5, 5.41) is 14.1. The summed E-state index contributed by atoms with van der Waals surface area (Å²) >= 11 is 0. The first-order valence-corrected chi connectivity index (χ1v) is 8.78. The number of benzene rings is 2. The van der Waals surface area contributed by atoms with E-state index in [9.17, 15) is 23.1 Å². The summed E-state index contributed by atoms with van der Waals surface area (Å²) < 4.78 is 42.2. The van der Waals surface area contributed by atoms with Crippen LogP contribution in [0.15, 0.2) is 42.5 Å². The van der Waals surface area contributed by atoms with Crippen molar-refractivity contribution in [2.75, 3.05) is 0 Å². The minimum absolute atomic E-state index is 0.0198. The number of ketones is 1. The van der Waals surface area contributed by atoms with Crippen LogP contribution in [-0.4, -0.2) is 20.7 Å². The van der Waals surface area contributed by atoms with Crippen molar-refractivity contribution < 1.29 is 23.1 Å². The van der Waals surface area contributed by atoms with Crippen LogP contribution in [0.3, 0.4) is 0 Å². The van der Waals surface area contributed by atoms with Crippen molar-refractivity contribution in [3.63, 3.8) is 0 Å². The molecule has 1 aliphatic rings. The molecule has 0 spiro atoms. The van der Waals surface area contributed by atoms with Gasteiger partial charge >= 0.3 is 6.18 Å². The molecule has 7 heteroatoms. The number of carbonyl (C=O) groups excluding carboxylic acids is 1. The third-order valence-corrected chi connectivity index (χ3v) is 5.03. The lowest BCUT2D eigenvalue weighted by molar-refractivity contribution is -0.136. The maximum Gasteiger partial charge on any atom is 0.418 e. The molecule has 1 N–H and O–H groups in total. The summed E-state index contributed by atoms with van der Waals surface area (Å²) in [4.78, 5) is 12.9. The van der Waals surface area contributed by atoms with Crippen LogP contribution in [0.25, 0.3) is 10.9 Å². The molecule has 0 aliphatic heterocycles. The molecule has 0 radical (unpaired) electrons. The van der Waals surface area contributed by atoms with Crippen LogP contribution < -0.4 is 0 Å². The number of aromatic nitrogens is 2. The van der Waals surface area contributed by atoms with Crippen LogP contribution in [0, 0.1) is 0 Å². The molecule has 4 rings (SSSR count). The van der Waals surface area contributed by atoms with Gasteiger partial charge in [0.2, 0.25) is 5.78 Å². The normalized spacial score (nSPS) is 15.5. The van der Waals surface area contributed by atoms with E-state index in [2.05, 4.69) is 5.10 Å². The van der Waals surface area contributed by atoms with E-state index in [4.69, 9.17) is 0 Å². The summed E-state index contributed by atoms with van der Waals surface area (Å²) in [5.41, 5.74) is -0.659. The van der Waals surface area contributed by atoms with Gasteiger partial charge in [0, 0.05) is 10.9 Å². The molecule has 1 heterocycles. The number of halogens is 3. The second-order valence-corrected chi connectivity index (χ2v) is 6.81. The van der Waals surface area contributed by atoms with Crippen LogP contribution in [-0.2, 0) is 6.18 Å². The molecule has 0 atom stereocenters. The molecular formula is C20H17F3N2O2. The SMILES string of the molecule is O=C(c1cccc(O)c1)c1nn(C2CCCC2)c2c(C(F)(F)F)cccc12. The highest BCUT2D eigenvalue weighted by Gasteiger charge is 2.36. The number of carbonyl (C=O) groups is 1. The Morgan fingerprint density at radius 2 is 1.81 bits per heavy atom. The highest BCUT2D eigenvalue weighted by molar-refractivity contribution is 6.15. The number of phenolic OH excluding ortho intramolecular Hbond substituents is 1. The van der Waals surface area contributed by atoms with E-state index in [1.165, 1.54) is 41.1 Å². The Morgan fingerprint density at radius 3 is 2.48 bits per heavy atom. The molecule has 2 aromatic carbocycles. The van der Waals surface area contributed by atoms with E-state index in [-0.39, 0.29) is 34.0 Å². The first-order valence-electron chi connectivity index (χ1n) is 8.78. The number of alkyl halides is 3. The third-order valence-electron chi connectivity index (χ3n) is 5.03. The van der Waals surface area contributed by atoms with Gasteiger partial charge in [-0.15, -0.1) is 0 Å². The van der Waals surface area contributed by atoms with Gasteiger partial charge in [0.25, 0.3) is 0 Å². The van der Waals surface area contributed by atoms with E-state index in [0.29, 0.717) is 0 Å². The lowest BCUT2D eigenvalue weighted by Gasteiger charge is -2.15. The predicted octanol–water partition coefficient (Wildman–Crippen LogP) is 5.11. The fourth-order valence-corrected chi connectivity index (χ4v) is 3.79. The molecule has 4 nitrogen and oxygen atoms in total. The molecule has 1 aliphatic carbocycles. The van der Waals surface area contributed by atoms with Gasteiger partial charge in [-0.2, -0.15) is 18.3 Å². The standard InChI is InChI=1S/C20H17F3N2O2/c21-20(22,23)16-10-4-9-15-17(19(27)12-5-3-8-14(26)11-12)24-25(18(15)16)13-6-1-2-7-13/h3-5,8-11,13,26H,1-2,6-7H2. The molecule has 3 aromatic rings. The number of rotatable bonds is 3. The number of phenols is 1. The lowest BCUT2D eigenvalue weighted by atomic mass is 10.0. The topological polar surface area (TPSA) is 55.1 Å². The van der Waals surface area contributed by atoms with E-state index in [1.54, 1.807) is 0 Å². The van der Waals surface area contributed by atoms with Crippen molar-refractivity contribution in [1.82, 2.24) is 9.78 Å². The van der Waals surface area contributed by atoms with E-state index < -0.39 is 17.5 Å². The molecule has 0 unspecified atom stereocenters. The Bertz CT molecular complexity index is 1020. The van der Waals surface area contributed by atoms with Gasteiger partial charge in [-0.3, -0.25) is 9.48 Å². The summed E-state index contributed by atoms with van der Waals surface area (Å²) in [6.45, 7) is 0. The number of nitrogens with zero attached hydrogens (tertiary/aromatic N) is 2. The average molecular weight is 374 g/mol. The van der Waals surface area contributed by atoms with Crippen LogP contribution in [0.2, 0.25) is 0 Å². The maximum atomic E-state index is 13.6. The van der Waals surface area contributed by atoms with Crippen molar-refractivity contribution in [2.24, 2.45) is 0 Å². The van der Waals surface area contributed by atoms with Crippen LogP contribution >= 0.6 is 0 Å². The van der Waals surface area contributed by atoms with Gasteiger partial charge in [0.05, 0.1) is 17.1 Å². The highest BCUT2D eigenvalue weighted by atomic mass is 19.4. The zero-order valence-corrected chi connectivity index (χ0v) is 14.3. The molecule has 1 saturated carbocycles. The second kappa shape index (κ2) is 6.40. The number of fused-ring (bicyclic) bond motifs is 1. The monoisotopic (exact) mass is 374 g/mol. The molecule has 0 bridgehead atoms. The van der Waals surface area contributed by atoms with E-state index >= 15 is 0 Å². The summed E-state index contributed by atoms with van der Waals surface area (Å²) in [5.74, 6) is -0.594. The van der Waals surface area contributed by atoms with Gasteiger partial charge in [-0.1, -0.05) is 37.1 Å². The Balaban J connectivity index is 1.95. The lowest BCUT2D eigenvalue weighted by Crippen LogP contribution is -2.12. The van der Waals surface area contributed by atoms with E-state index in [1.807, 2.05) is 0 Å². The first kappa shape index (κ1) is 17.6. The molecule has 0 saturated heterocycles. The summed E-state index contributed by atoms with van der Waals surface area (Å²) in [6, 6.07) is 9.41. The number of aromatic hydroxyl groups is 1. The van der Waals surface area contributed by atoms with Crippen LogP contribution in [0.1, 0.15) is 53.3 Å². The molecule has 1 aromatic heterocycles. The van der Waals surface area contributed by atoms with Gasteiger partial charge in [0.1, 0.15) is 11.4 Å². The molecule has 27 heavy (non-hydrogen) atoms. The Hall–Kier alpha value is -2.83. The number of hydrogen-bond acceptors (Lipinski definition) is 3. The smallest absolute Gasteiger partial charge is 0.418 e. The Labute approximate surface area is 153 Å². The van der Waals surface area contributed by atoms with Gasteiger partial charge in [0.15, 0.2) is 0 Å². The fourth-order valence-electron chi connectivity index (χ4n) is 3.79. The highest BCUT2D eigenvalue weighted by Crippen LogP contribution is 2.40. The number of hydrogen-bond donors (Lipinski definition) is 1. The first-order chi connectivity index (χ1) is 12.9. The minimum atomic E-state index is -4.54. The largest absolute Gasteiger partial charge is 0.508 e. The van der Waals surface area contributed by atoms with Gasteiger partial charge in [-0.25, -0.2) is 0 Å². The van der Waals surface area contributed by atoms with Crippen molar-refractivity contribution in [3.8, 4) is 5.75 Å². The summed E-state index contributed by atoms with van der Waals surface area (Å²) in [6.07, 6.45) is -1.21. The van der Waals surface area contributed by atoms with Gasteiger partial charge in [-0.05, 0) is 31.0 Å². The molecule has 0 amide bonds. The predicted molar refractivity (Wildman–Crippen MR) is 93.8 cm³/mol. The van der Waals surface area contributed by atoms with Crippen LogP contribution in [0.4, 0.5) is 13.2 Å². The zero-order chi connectivity index (χ0) is 19.2. The fraction of sp³-hybridized carbons (Fsp3) is 0.300. The zero-order valence-electron chi connectivity index (χ0n) is 14.3. The van der Waals surface area contributed by atoms with Crippen molar-refractivity contribution in [3.05, 3.63) is 59.3 Å². The van der Waals surface area contributed by atoms with Crippen molar-refractivity contribution >= 4 is 16.7 Å². The Morgan fingerprint density at radius 1 is 1.11 bits per heavy atom. The van der Waals surface area contributed by atoms with Crippen LogP contribution in [0.5, 0.6) is 5.75 Å². The molecule has 1 fully saturated rings. The third kappa shape index (κ3) is 3.07. The van der Waals surface area contributed by atoms with Gasteiger partial charge < -0.3 is 5.11 Å². The van der Waals surface area contributed by atoms with Crippen molar-refractivity contribution in [2.45, 2.75) is 37.9 Å². The summed E-state index contributed by atoms with van der Waals surface area (Å²) in [7, 11) is 0. The minimum Gasteiger partial charge on any atom is -0.508 e. The second-order valence-electron chi connectivity index (χ2n) is 6.81. The van der Waals surface area contributed by atoms with E-state index in [0.717, 1.165) is 31.7 Å². The number of para-hydroxylation sites is 1. The maximum absolute atomic E-state index is 13.6. The average Bonchev–Trinajstić information content (AvgIpc) is 3.27. The van der Waals surface area contributed by atoms with Crippen molar-refractivity contribution in [1.29, 1.82) is 0 Å².